The molecule has 10 heteroatoms. The summed E-state index contributed by atoms with van der Waals surface area (Å²) in [7, 11) is -1.51. The highest BCUT2D eigenvalue weighted by atomic mass is 32.2. The summed E-state index contributed by atoms with van der Waals surface area (Å²) in [6.45, 7) is 2.62. The second-order valence-corrected chi connectivity index (χ2v) is 9.86. The predicted octanol–water partition coefficient (Wildman–Crippen LogP) is 0.625. The zero-order valence-electron chi connectivity index (χ0n) is 15.9. The van der Waals surface area contributed by atoms with E-state index < -0.39 is 43.5 Å². The molecule has 0 spiro atoms. The first-order valence-corrected chi connectivity index (χ1v) is 9.97. The molecule has 1 aromatic carbocycles. The van der Waals surface area contributed by atoms with Crippen molar-refractivity contribution in [3.05, 3.63) is 35.4 Å². The van der Waals surface area contributed by atoms with Gasteiger partial charge in [-0.15, -0.1) is 0 Å². The molecule has 2 saturated heterocycles. The number of methoxy groups -OCH3 is 2. The van der Waals surface area contributed by atoms with Crippen molar-refractivity contribution in [2.24, 2.45) is 0 Å². The van der Waals surface area contributed by atoms with Gasteiger partial charge in [0, 0.05) is 7.11 Å². The number of nitrogens with zero attached hydrogens (tertiary/aromatic N) is 1. The standard InChI is InChI=1S/C18H21NO8S/c1-17(2)14(19-13(20)9-18(19,26-4)28(17,23)24)16(22)27-10-11-5-7-12(8-6-11)15(21)25-3/h5-8,14H,9-10H2,1-4H3/t14-,18?/m0/s1. The van der Waals surface area contributed by atoms with Gasteiger partial charge in [-0.1, -0.05) is 12.1 Å². The molecule has 9 nitrogen and oxygen atoms in total. The number of carbonyl (C=O) groups is 3. The minimum atomic E-state index is -3.97. The third-order valence-electron chi connectivity index (χ3n) is 5.34. The van der Waals surface area contributed by atoms with Gasteiger partial charge in [-0.05, 0) is 31.5 Å². The van der Waals surface area contributed by atoms with Gasteiger partial charge in [-0.3, -0.25) is 9.69 Å². The maximum Gasteiger partial charge on any atom is 0.337 e. The molecule has 0 N–H and O–H groups in total. The van der Waals surface area contributed by atoms with Crippen LogP contribution >= 0.6 is 0 Å². The van der Waals surface area contributed by atoms with Gasteiger partial charge in [-0.2, -0.15) is 0 Å². The van der Waals surface area contributed by atoms with Crippen LogP contribution in [0.2, 0.25) is 0 Å². The topological polar surface area (TPSA) is 116 Å². The van der Waals surface area contributed by atoms with Gasteiger partial charge in [-0.25, -0.2) is 18.0 Å². The van der Waals surface area contributed by atoms with Crippen LogP contribution < -0.4 is 0 Å². The maximum absolute atomic E-state index is 12.9. The van der Waals surface area contributed by atoms with Crippen LogP contribution in [0.3, 0.4) is 0 Å². The number of sulfone groups is 1. The minimum Gasteiger partial charge on any atom is -0.465 e. The van der Waals surface area contributed by atoms with Crippen LogP contribution in [0.5, 0.6) is 0 Å². The third-order valence-corrected chi connectivity index (χ3v) is 8.29. The molecule has 2 atom stereocenters. The fourth-order valence-electron chi connectivity index (χ4n) is 3.65. The quantitative estimate of drug-likeness (QED) is 0.512. The van der Waals surface area contributed by atoms with Crippen LogP contribution in [0.15, 0.2) is 24.3 Å². The Morgan fingerprint density at radius 1 is 1.18 bits per heavy atom. The molecule has 0 aliphatic carbocycles. The van der Waals surface area contributed by atoms with Crippen molar-refractivity contribution >= 4 is 27.7 Å². The Morgan fingerprint density at radius 2 is 1.79 bits per heavy atom. The van der Waals surface area contributed by atoms with Crippen LogP contribution in [0, 0.1) is 0 Å². The van der Waals surface area contributed by atoms with Crippen LogP contribution in [0.1, 0.15) is 36.2 Å². The lowest BCUT2D eigenvalue weighted by Gasteiger charge is -2.45. The number of ether oxygens (including phenoxy) is 3. The van der Waals surface area contributed by atoms with Gasteiger partial charge in [0.05, 0.1) is 19.1 Å². The molecular formula is C18H21NO8S. The lowest BCUT2D eigenvalue weighted by Crippen LogP contribution is -2.66. The smallest absolute Gasteiger partial charge is 0.337 e. The highest BCUT2D eigenvalue weighted by Crippen LogP contribution is 2.54. The number of benzene rings is 1. The largest absolute Gasteiger partial charge is 0.465 e. The molecule has 2 aliphatic heterocycles. The molecule has 1 amide bonds. The average Bonchev–Trinajstić information content (AvgIpc) is 2.77. The van der Waals surface area contributed by atoms with Crippen molar-refractivity contribution in [1.82, 2.24) is 4.90 Å². The van der Waals surface area contributed by atoms with Crippen molar-refractivity contribution in [1.29, 1.82) is 0 Å². The summed E-state index contributed by atoms with van der Waals surface area (Å²) < 4.78 is 39.4. The van der Waals surface area contributed by atoms with E-state index in [4.69, 9.17) is 9.47 Å². The van der Waals surface area contributed by atoms with Crippen LogP contribution in [-0.4, -0.2) is 61.2 Å². The normalized spacial score (nSPS) is 26.9. The first-order chi connectivity index (χ1) is 13.0. The molecule has 0 aromatic heterocycles. The Morgan fingerprint density at radius 3 is 2.29 bits per heavy atom. The summed E-state index contributed by atoms with van der Waals surface area (Å²) in [5, 5.41) is -1.82. The summed E-state index contributed by atoms with van der Waals surface area (Å²) in [4.78, 5) is 37.2. The molecule has 2 fully saturated rings. The van der Waals surface area contributed by atoms with Crippen molar-refractivity contribution in [2.75, 3.05) is 14.2 Å². The van der Waals surface area contributed by atoms with Crippen molar-refractivity contribution < 1.29 is 37.0 Å². The fourth-order valence-corrected chi connectivity index (χ4v) is 5.97. The van der Waals surface area contributed by atoms with E-state index in [1.54, 1.807) is 12.1 Å². The SMILES string of the molecule is COC(=O)c1ccc(COC(=O)[C@@H]2N3C(=O)CC3(OC)S(=O)(=O)C2(C)C)cc1. The summed E-state index contributed by atoms with van der Waals surface area (Å²) in [5.41, 5.74) is 0.934. The number of fused-ring (bicyclic) bond motifs is 1. The molecule has 2 aliphatic rings. The summed E-state index contributed by atoms with van der Waals surface area (Å²) in [6.07, 6.45) is -0.325. The summed E-state index contributed by atoms with van der Waals surface area (Å²) >= 11 is 0. The maximum atomic E-state index is 12.9. The second kappa shape index (κ2) is 6.56. The Hall–Kier alpha value is -2.46. The first kappa shape index (κ1) is 20.3. The van der Waals surface area contributed by atoms with Crippen LogP contribution in [0.4, 0.5) is 0 Å². The van der Waals surface area contributed by atoms with E-state index in [1.807, 2.05) is 0 Å². The van der Waals surface area contributed by atoms with E-state index in [0.717, 1.165) is 4.90 Å². The van der Waals surface area contributed by atoms with Gasteiger partial charge in [0.2, 0.25) is 15.7 Å². The van der Waals surface area contributed by atoms with Gasteiger partial charge in [0.25, 0.3) is 5.06 Å². The number of amides is 1. The van der Waals surface area contributed by atoms with E-state index in [0.29, 0.717) is 11.1 Å². The highest BCUT2D eigenvalue weighted by molar-refractivity contribution is 7.94. The van der Waals surface area contributed by atoms with E-state index in [2.05, 4.69) is 4.74 Å². The van der Waals surface area contributed by atoms with Gasteiger partial charge in [0.15, 0.2) is 6.04 Å². The Kier molecular flexibility index (Phi) is 4.75. The summed E-state index contributed by atoms with van der Waals surface area (Å²) in [5.74, 6) is -1.81. The summed E-state index contributed by atoms with van der Waals surface area (Å²) in [6, 6.07) is 4.91. The van der Waals surface area contributed by atoms with Gasteiger partial charge >= 0.3 is 11.9 Å². The van der Waals surface area contributed by atoms with Crippen LogP contribution in [0.25, 0.3) is 0 Å². The third kappa shape index (κ3) is 2.55. The van der Waals surface area contributed by atoms with E-state index in [1.165, 1.54) is 40.2 Å². The van der Waals surface area contributed by atoms with Gasteiger partial charge < -0.3 is 14.2 Å². The molecule has 0 bridgehead atoms. The zero-order chi connectivity index (χ0) is 20.9. The predicted molar refractivity (Wildman–Crippen MR) is 95.6 cm³/mol. The number of β-lactam (4-membered cyclic amide) rings is 1. The number of esters is 2. The molecule has 3 rings (SSSR count). The van der Waals surface area contributed by atoms with E-state index in [-0.39, 0.29) is 13.0 Å². The Labute approximate surface area is 162 Å². The monoisotopic (exact) mass is 411 g/mol. The Balaban J connectivity index is 1.79. The molecule has 28 heavy (non-hydrogen) atoms. The molecule has 1 aromatic rings. The van der Waals surface area contributed by atoms with Crippen molar-refractivity contribution in [2.45, 2.75) is 42.7 Å². The molecular weight excluding hydrogens is 390 g/mol. The number of rotatable bonds is 5. The second-order valence-electron chi connectivity index (χ2n) is 7.16. The fraction of sp³-hybridized carbons (Fsp3) is 0.500. The number of hydrogen-bond acceptors (Lipinski definition) is 8. The lowest BCUT2D eigenvalue weighted by atomic mass is 9.97. The van der Waals surface area contributed by atoms with Crippen LogP contribution in [-0.2, 0) is 40.2 Å². The molecule has 152 valence electrons. The molecule has 0 saturated carbocycles. The highest BCUT2D eigenvalue weighted by Gasteiger charge is 2.78. The Bertz CT molecular complexity index is 937. The molecule has 2 heterocycles. The lowest BCUT2D eigenvalue weighted by molar-refractivity contribution is -0.192. The van der Waals surface area contributed by atoms with Crippen molar-refractivity contribution in [3.63, 3.8) is 0 Å². The number of carbonyl (C=O) groups excluding carboxylic acids is 3. The number of hydrogen-bond donors (Lipinski definition) is 0. The molecule has 1 unspecified atom stereocenters. The van der Waals surface area contributed by atoms with Gasteiger partial charge in [0.1, 0.15) is 11.4 Å². The van der Waals surface area contributed by atoms with Crippen molar-refractivity contribution in [3.8, 4) is 0 Å². The minimum absolute atomic E-state index is 0.144. The van der Waals surface area contributed by atoms with E-state index >= 15 is 0 Å². The zero-order valence-corrected chi connectivity index (χ0v) is 16.7. The average molecular weight is 411 g/mol. The first-order valence-electron chi connectivity index (χ1n) is 8.49. The molecule has 0 radical (unpaired) electrons. The van der Waals surface area contributed by atoms with E-state index in [9.17, 15) is 22.8 Å².